The third-order valence-corrected chi connectivity index (χ3v) is 5.84. The van der Waals surface area contributed by atoms with E-state index >= 15 is 0 Å². The first kappa shape index (κ1) is 14.4. The first-order valence-electron chi connectivity index (χ1n) is 6.52. The third kappa shape index (κ3) is 3.07. The molecule has 0 fully saturated rings. The van der Waals surface area contributed by atoms with Gasteiger partial charge in [-0.1, -0.05) is 6.92 Å². The lowest BCUT2D eigenvalue weighted by Gasteiger charge is -2.03. The van der Waals surface area contributed by atoms with Crippen molar-refractivity contribution in [2.24, 2.45) is 0 Å². The summed E-state index contributed by atoms with van der Waals surface area (Å²) >= 11 is 4.69. The Morgan fingerprint density at radius 3 is 2.90 bits per heavy atom. The molecular formula is C13H15N5S3. The van der Waals surface area contributed by atoms with Crippen molar-refractivity contribution in [3.8, 4) is 10.6 Å². The van der Waals surface area contributed by atoms with Gasteiger partial charge in [0, 0.05) is 22.1 Å². The zero-order chi connectivity index (χ0) is 14.8. The summed E-state index contributed by atoms with van der Waals surface area (Å²) in [6.07, 6.45) is 2.96. The van der Waals surface area contributed by atoms with Crippen LogP contribution in [0.15, 0.2) is 11.6 Å². The van der Waals surface area contributed by atoms with Crippen LogP contribution in [-0.2, 0) is 13.0 Å². The van der Waals surface area contributed by atoms with Crippen LogP contribution in [0, 0.1) is 6.92 Å². The van der Waals surface area contributed by atoms with Crippen molar-refractivity contribution in [3.63, 3.8) is 0 Å². The summed E-state index contributed by atoms with van der Waals surface area (Å²) in [5.74, 6) is 0.533. The molecule has 21 heavy (non-hydrogen) atoms. The second-order valence-electron chi connectivity index (χ2n) is 4.49. The Bertz CT molecular complexity index is 743. The molecule has 0 saturated heterocycles. The van der Waals surface area contributed by atoms with E-state index < -0.39 is 0 Å². The van der Waals surface area contributed by atoms with Crippen LogP contribution in [0.25, 0.3) is 10.6 Å². The first-order valence-corrected chi connectivity index (χ1v) is 8.99. The topological polar surface area (TPSA) is 76.7 Å². The minimum atomic E-state index is 0.533. The maximum Gasteiger partial charge on any atom is 0.149 e. The maximum atomic E-state index is 5.99. The zero-order valence-electron chi connectivity index (χ0n) is 11.7. The highest BCUT2D eigenvalue weighted by atomic mass is 32.1. The molecule has 0 atom stereocenters. The van der Waals surface area contributed by atoms with Crippen molar-refractivity contribution in [1.29, 1.82) is 0 Å². The largest absolute Gasteiger partial charge is 0.382 e. The average Bonchev–Trinajstić information content (AvgIpc) is 3.16. The number of aromatic nitrogens is 3. The lowest BCUT2D eigenvalue weighted by Crippen LogP contribution is -1.98. The number of hydrogen-bond acceptors (Lipinski definition) is 8. The van der Waals surface area contributed by atoms with Gasteiger partial charge in [-0.15, -0.1) is 22.7 Å². The zero-order valence-corrected chi connectivity index (χ0v) is 14.2. The van der Waals surface area contributed by atoms with Crippen LogP contribution < -0.4 is 11.1 Å². The van der Waals surface area contributed by atoms with Gasteiger partial charge < -0.3 is 11.1 Å². The van der Waals surface area contributed by atoms with Gasteiger partial charge >= 0.3 is 0 Å². The molecule has 3 rings (SSSR count). The Morgan fingerprint density at radius 2 is 2.24 bits per heavy atom. The van der Waals surface area contributed by atoms with Gasteiger partial charge in [0.2, 0.25) is 0 Å². The lowest BCUT2D eigenvalue weighted by atomic mass is 10.3. The van der Waals surface area contributed by atoms with Gasteiger partial charge in [0.05, 0.1) is 12.1 Å². The SMILES string of the molecule is CCc1cnc(CNc2snc(N)c2-c2nc(C)cs2)s1. The molecular weight excluding hydrogens is 322 g/mol. The summed E-state index contributed by atoms with van der Waals surface area (Å²) in [5.41, 5.74) is 7.90. The normalized spacial score (nSPS) is 11.0. The number of rotatable bonds is 5. The molecule has 0 radical (unpaired) electrons. The Hall–Kier alpha value is -1.51. The summed E-state index contributed by atoms with van der Waals surface area (Å²) in [6, 6.07) is 0. The van der Waals surface area contributed by atoms with Crippen molar-refractivity contribution in [2.75, 3.05) is 11.1 Å². The van der Waals surface area contributed by atoms with Crippen LogP contribution in [-0.4, -0.2) is 14.3 Å². The average molecular weight is 337 g/mol. The van der Waals surface area contributed by atoms with Crippen LogP contribution in [0.2, 0.25) is 0 Å². The van der Waals surface area contributed by atoms with E-state index in [1.165, 1.54) is 16.4 Å². The fourth-order valence-corrected chi connectivity index (χ4v) is 4.28. The van der Waals surface area contributed by atoms with E-state index in [1.54, 1.807) is 22.7 Å². The van der Waals surface area contributed by atoms with Gasteiger partial charge in [-0.3, -0.25) is 0 Å². The van der Waals surface area contributed by atoms with E-state index in [-0.39, 0.29) is 0 Å². The molecule has 3 aromatic rings. The highest BCUT2D eigenvalue weighted by molar-refractivity contribution is 7.15. The summed E-state index contributed by atoms with van der Waals surface area (Å²) in [7, 11) is 0. The van der Waals surface area contributed by atoms with E-state index in [2.05, 4.69) is 26.6 Å². The van der Waals surface area contributed by atoms with E-state index in [0.29, 0.717) is 12.4 Å². The summed E-state index contributed by atoms with van der Waals surface area (Å²) in [4.78, 5) is 10.2. The fourth-order valence-electron chi connectivity index (χ4n) is 1.85. The Balaban J connectivity index is 1.80. The molecule has 3 N–H and O–H groups in total. The number of nitrogens with zero attached hydrogens (tertiary/aromatic N) is 3. The smallest absolute Gasteiger partial charge is 0.149 e. The molecule has 0 bridgehead atoms. The second kappa shape index (κ2) is 6.08. The van der Waals surface area contributed by atoms with Gasteiger partial charge in [0.25, 0.3) is 0 Å². The van der Waals surface area contributed by atoms with Crippen molar-refractivity contribution < 1.29 is 0 Å². The number of nitrogens with one attached hydrogen (secondary N) is 1. The van der Waals surface area contributed by atoms with E-state index in [9.17, 15) is 0 Å². The number of anilines is 2. The Morgan fingerprint density at radius 1 is 1.38 bits per heavy atom. The number of nitrogen functional groups attached to an aromatic ring is 1. The number of aryl methyl sites for hydroxylation is 2. The van der Waals surface area contributed by atoms with E-state index in [0.717, 1.165) is 32.7 Å². The highest BCUT2D eigenvalue weighted by Gasteiger charge is 2.16. The second-order valence-corrected chi connectivity index (χ2v) is 7.32. The van der Waals surface area contributed by atoms with Crippen molar-refractivity contribution in [1.82, 2.24) is 14.3 Å². The van der Waals surface area contributed by atoms with E-state index in [4.69, 9.17) is 5.73 Å². The van der Waals surface area contributed by atoms with Gasteiger partial charge in [0.15, 0.2) is 0 Å². The quantitative estimate of drug-likeness (QED) is 0.741. The molecule has 3 aromatic heterocycles. The van der Waals surface area contributed by atoms with Gasteiger partial charge in [-0.05, 0) is 24.9 Å². The van der Waals surface area contributed by atoms with Crippen LogP contribution >= 0.6 is 34.2 Å². The van der Waals surface area contributed by atoms with Gasteiger partial charge in [-0.25, -0.2) is 9.97 Å². The summed E-state index contributed by atoms with van der Waals surface area (Å²) in [6.45, 7) is 4.80. The van der Waals surface area contributed by atoms with Crippen molar-refractivity contribution >= 4 is 45.0 Å². The standard InChI is InChI=1S/C13H15N5S3/c1-3-8-4-15-9(20-8)5-16-12-10(11(14)18-21-12)13-17-7(2)6-19-13/h4,6,16H,3,5H2,1-2H3,(H2,14,18). The molecule has 0 amide bonds. The molecule has 0 aliphatic heterocycles. The minimum Gasteiger partial charge on any atom is -0.382 e. The van der Waals surface area contributed by atoms with Crippen LogP contribution in [0.1, 0.15) is 22.5 Å². The van der Waals surface area contributed by atoms with Crippen LogP contribution in [0.4, 0.5) is 10.8 Å². The molecule has 8 heteroatoms. The predicted molar refractivity (Wildman–Crippen MR) is 91.2 cm³/mol. The molecule has 110 valence electrons. The highest BCUT2D eigenvalue weighted by Crippen LogP contribution is 2.38. The maximum absolute atomic E-state index is 5.99. The van der Waals surface area contributed by atoms with Crippen LogP contribution in [0.5, 0.6) is 0 Å². The summed E-state index contributed by atoms with van der Waals surface area (Å²) < 4.78 is 4.24. The minimum absolute atomic E-state index is 0.533. The molecule has 0 saturated carbocycles. The molecule has 0 unspecified atom stereocenters. The molecule has 3 heterocycles. The van der Waals surface area contributed by atoms with Crippen molar-refractivity contribution in [3.05, 3.63) is 27.2 Å². The van der Waals surface area contributed by atoms with Gasteiger partial charge in [0.1, 0.15) is 20.8 Å². The first-order chi connectivity index (χ1) is 10.2. The molecule has 0 spiro atoms. The van der Waals surface area contributed by atoms with E-state index in [1.807, 2.05) is 18.5 Å². The Kier molecular flexibility index (Phi) is 4.18. The summed E-state index contributed by atoms with van der Waals surface area (Å²) in [5, 5.41) is 8.34. The predicted octanol–water partition coefficient (Wildman–Crippen LogP) is 3.79. The molecule has 5 nitrogen and oxygen atoms in total. The fraction of sp³-hybridized carbons (Fsp3) is 0.308. The van der Waals surface area contributed by atoms with Crippen molar-refractivity contribution in [2.45, 2.75) is 26.8 Å². The number of hydrogen-bond donors (Lipinski definition) is 2. The number of thiazole rings is 2. The third-order valence-electron chi connectivity index (χ3n) is 2.90. The van der Waals surface area contributed by atoms with Crippen LogP contribution in [0.3, 0.4) is 0 Å². The number of nitrogens with two attached hydrogens (primary N) is 1. The lowest BCUT2D eigenvalue weighted by molar-refractivity contribution is 1.10. The Labute approximate surface area is 135 Å². The van der Waals surface area contributed by atoms with Gasteiger partial charge in [-0.2, -0.15) is 4.37 Å². The molecule has 0 aromatic carbocycles. The molecule has 0 aliphatic carbocycles. The monoisotopic (exact) mass is 337 g/mol. The molecule has 0 aliphatic rings.